The molecule has 5 nitrogen and oxygen atoms in total. The van der Waals surface area contributed by atoms with Crippen molar-refractivity contribution in [3.63, 3.8) is 0 Å². The number of carbonyl (C=O) groups is 1. The lowest BCUT2D eigenvalue weighted by molar-refractivity contribution is -0.119. The highest BCUT2D eigenvalue weighted by atomic mass is 32.2. The number of thiophene rings is 1. The number of benzene rings is 1. The predicted octanol–water partition coefficient (Wildman–Crippen LogP) is 2.08. The van der Waals surface area contributed by atoms with Gasteiger partial charge in [0.05, 0.1) is 6.54 Å². The van der Waals surface area contributed by atoms with E-state index in [1.807, 2.05) is 37.3 Å². The van der Waals surface area contributed by atoms with Crippen LogP contribution in [0, 0.1) is 6.92 Å². The molecular formula is C16H20N2O3S2. The van der Waals surface area contributed by atoms with Gasteiger partial charge in [-0.05, 0) is 37.5 Å². The number of hydrogen-bond donors (Lipinski definition) is 2. The van der Waals surface area contributed by atoms with Gasteiger partial charge in [0.15, 0.2) is 0 Å². The Hall–Kier alpha value is -1.70. The first-order valence-corrected chi connectivity index (χ1v) is 9.64. The summed E-state index contributed by atoms with van der Waals surface area (Å²) in [6.07, 6.45) is 1.69. The topological polar surface area (TPSA) is 75.3 Å². The maximum Gasteiger partial charge on any atom is 0.250 e. The van der Waals surface area contributed by atoms with E-state index in [2.05, 4.69) is 10.0 Å². The maximum absolute atomic E-state index is 12.0. The van der Waals surface area contributed by atoms with E-state index in [-0.39, 0.29) is 16.7 Å². The SMILES string of the molecule is Cc1ccc(S(=O)(=O)NCC(=O)NCCCc2ccccc2)s1. The molecule has 0 aliphatic rings. The van der Waals surface area contributed by atoms with E-state index in [0.717, 1.165) is 17.7 Å². The Labute approximate surface area is 140 Å². The van der Waals surface area contributed by atoms with Gasteiger partial charge in [-0.1, -0.05) is 30.3 Å². The normalized spacial score (nSPS) is 11.3. The van der Waals surface area contributed by atoms with Crippen LogP contribution in [0.2, 0.25) is 0 Å². The molecule has 0 unspecified atom stereocenters. The van der Waals surface area contributed by atoms with Crippen LogP contribution >= 0.6 is 11.3 Å². The molecule has 2 rings (SSSR count). The van der Waals surface area contributed by atoms with Crippen molar-refractivity contribution in [2.75, 3.05) is 13.1 Å². The molecule has 0 bridgehead atoms. The van der Waals surface area contributed by atoms with Crippen molar-refractivity contribution in [3.8, 4) is 0 Å². The van der Waals surface area contributed by atoms with Crippen molar-refractivity contribution in [1.82, 2.24) is 10.0 Å². The van der Waals surface area contributed by atoms with E-state index >= 15 is 0 Å². The lowest BCUT2D eigenvalue weighted by Crippen LogP contribution is -2.37. The average Bonchev–Trinajstić information content (AvgIpc) is 2.98. The number of aryl methyl sites for hydroxylation is 2. The molecule has 2 aromatic rings. The van der Waals surface area contributed by atoms with Gasteiger partial charge in [-0.3, -0.25) is 4.79 Å². The number of nitrogens with one attached hydrogen (secondary N) is 2. The molecule has 0 saturated carbocycles. The van der Waals surface area contributed by atoms with Crippen molar-refractivity contribution in [3.05, 3.63) is 52.9 Å². The molecule has 0 spiro atoms. The Morgan fingerprint density at radius 3 is 2.52 bits per heavy atom. The van der Waals surface area contributed by atoms with Gasteiger partial charge in [-0.25, -0.2) is 13.1 Å². The van der Waals surface area contributed by atoms with Gasteiger partial charge in [0.25, 0.3) is 10.0 Å². The number of hydrogen-bond acceptors (Lipinski definition) is 4. The molecule has 1 aromatic heterocycles. The second-order valence-electron chi connectivity index (χ2n) is 5.13. The van der Waals surface area contributed by atoms with E-state index < -0.39 is 10.0 Å². The molecule has 1 aromatic carbocycles. The zero-order valence-electron chi connectivity index (χ0n) is 12.9. The van der Waals surface area contributed by atoms with Gasteiger partial charge in [0.1, 0.15) is 4.21 Å². The largest absolute Gasteiger partial charge is 0.355 e. The first kappa shape index (κ1) is 17.7. The molecule has 2 N–H and O–H groups in total. The van der Waals surface area contributed by atoms with Gasteiger partial charge >= 0.3 is 0 Å². The van der Waals surface area contributed by atoms with Crippen molar-refractivity contribution >= 4 is 27.3 Å². The summed E-state index contributed by atoms with van der Waals surface area (Å²) in [5.74, 6) is -0.324. The molecule has 0 aliphatic heterocycles. The number of amides is 1. The Morgan fingerprint density at radius 1 is 1.13 bits per heavy atom. The second-order valence-corrected chi connectivity index (χ2v) is 8.41. The first-order chi connectivity index (χ1) is 11.0. The number of sulfonamides is 1. The Balaban J connectivity index is 1.69. The lowest BCUT2D eigenvalue weighted by atomic mass is 10.1. The molecule has 0 fully saturated rings. The Bertz CT molecular complexity index is 740. The van der Waals surface area contributed by atoms with Crippen LogP contribution in [0.3, 0.4) is 0 Å². The van der Waals surface area contributed by atoms with Crippen molar-refractivity contribution in [1.29, 1.82) is 0 Å². The molecule has 23 heavy (non-hydrogen) atoms. The van der Waals surface area contributed by atoms with Gasteiger partial charge in [-0.2, -0.15) is 0 Å². The van der Waals surface area contributed by atoms with Crippen LogP contribution in [0.5, 0.6) is 0 Å². The summed E-state index contributed by atoms with van der Waals surface area (Å²) in [5, 5.41) is 2.72. The highest BCUT2D eigenvalue weighted by Gasteiger charge is 2.17. The molecule has 0 saturated heterocycles. The van der Waals surface area contributed by atoms with Crippen LogP contribution in [0.15, 0.2) is 46.7 Å². The highest BCUT2D eigenvalue weighted by molar-refractivity contribution is 7.91. The molecule has 1 heterocycles. The fourth-order valence-corrected chi connectivity index (χ4v) is 4.33. The first-order valence-electron chi connectivity index (χ1n) is 7.34. The molecule has 0 aliphatic carbocycles. The van der Waals surface area contributed by atoms with E-state index in [4.69, 9.17) is 0 Å². The van der Waals surface area contributed by atoms with Crippen LogP contribution in [-0.2, 0) is 21.2 Å². The molecule has 124 valence electrons. The van der Waals surface area contributed by atoms with Gasteiger partial charge in [0.2, 0.25) is 5.91 Å². The van der Waals surface area contributed by atoms with Gasteiger partial charge in [-0.15, -0.1) is 11.3 Å². The van der Waals surface area contributed by atoms with Crippen LogP contribution in [0.4, 0.5) is 0 Å². The lowest BCUT2D eigenvalue weighted by Gasteiger charge is -2.07. The van der Waals surface area contributed by atoms with Gasteiger partial charge < -0.3 is 5.32 Å². The second kappa shape index (κ2) is 8.24. The van der Waals surface area contributed by atoms with Crippen molar-refractivity contribution < 1.29 is 13.2 Å². The van der Waals surface area contributed by atoms with Crippen LogP contribution < -0.4 is 10.0 Å². The zero-order chi connectivity index (χ0) is 16.7. The smallest absolute Gasteiger partial charge is 0.250 e. The minimum Gasteiger partial charge on any atom is -0.355 e. The maximum atomic E-state index is 12.0. The van der Waals surface area contributed by atoms with Crippen LogP contribution in [0.1, 0.15) is 16.9 Å². The summed E-state index contributed by atoms with van der Waals surface area (Å²) in [7, 11) is -3.60. The summed E-state index contributed by atoms with van der Waals surface area (Å²) in [6.45, 7) is 2.11. The predicted molar refractivity (Wildman–Crippen MR) is 92.0 cm³/mol. The van der Waals surface area contributed by atoms with E-state index in [1.165, 1.54) is 16.9 Å². The standard InChI is InChI=1S/C16H20N2O3S2/c1-13-9-10-16(22-13)23(20,21)18-12-15(19)17-11-5-8-14-6-3-2-4-7-14/h2-4,6-7,9-10,18H,5,8,11-12H2,1H3,(H,17,19). The molecule has 0 radical (unpaired) electrons. The highest BCUT2D eigenvalue weighted by Crippen LogP contribution is 2.19. The average molecular weight is 352 g/mol. The monoisotopic (exact) mass is 352 g/mol. The fraction of sp³-hybridized carbons (Fsp3) is 0.312. The quantitative estimate of drug-likeness (QED) is 0.714. The summed E-state index contributed by atoms with van der Waals surface area (Å²) >= 11 is 1.18. The fourth-order valence-electron chi connectivity index (χ4n) is 2.02. The Kier molecular flexibility index (Phi) is 6.32. The van der Waals surface area contributed by atoms with E-state index in [1.54, 1.807) is 12.1 Å². The van der Waals surface area contributed by atoms with Crippen molar-refractivity contribution in [2.45, 2.75) is 24.0 Å². The van der Waals surface area contributed by atoms with Gasteiger partial charge in [0, 0.05) is 11.4 Å². The van der Waals surface area contributed by atoms with E-state index in [0.29, 0.717) is 6.54 Å². The summed E-state index contributed by atoms with van der Waals surface area (Å²) in [5.41, 5.74) is 1.22. The zero-order valence-corrected chi connectivity index (χ0v) is 14.5. The molecule has 7 heteroatoms. The van der Waals surface area contributed by atoms with Crippen LogP contribution in [-0.4, -0.2) is 27.4 Å². The molecule has 1 amide bonds. The van der Waals surface area contributed by atoms with E-state index in [9.17, 15) is 13.2 Å². The molecular weight excluding hydrogens is 332 g/mol. The minimum absolute atomic E-state index is 0.229. The number of carbonyl (C=O) groups excluding carboxylic acids is 1. The molecule has 0 atom stereocenters. The third-order valence-corrected chi connectivity index (χ3v) is 6.10. The number of rotatable bonds is 8. The van der Waals surface area contributed by atoms with Crippen LogP contribution in [0.25, 0.3) is 0 Å². The Morgan fingerprint density at radius 2 is 1.87 bits per heavy atom. The third-order valence-electron chi connectivity index (χ3n) is 3.21. The summed E-state index contributed by atoms with van der Waals surface area (Å²) in [4.78, 5) is 12.6. The van der Waals surface area contributed by atoms with Crippen molar-refractivity contribution in [2.24, 2.45) is 0 Å². The minimum atomic E-state index is -3.60. The summed E-state index contributed by atoms with van der Waals surface area (Å²) < 4.78 is 26.5. The third kappa shape index (κ3) is 5.78. The summed E-state index contributed by atoms with van der Waals surface area (Å²) in [6, 6.07) is 13.3.